The van der Waals surface area contributed by atoms with Crippen LogP contribution in [0.25, 0.3) is 0 Å². The molecule has 0 saturated heterocycles. The summed E-state index contributed by atoms with van der Waals surface area (Å²) in [6, 6.07) is 7.77. The molecule has 7 nitrogen and oxygen atoms in total. The summed E-state index contributed by atoms with van der Waals surface area (Å²) in [5.41, 5.74) is 1.13. The number of nitro groups is 1. The van der Waals surface area contributed by atoms with Crippen molar-refractivity contribution in [3.63, 3.8) is 0 Å². The fourth-order valence-electron chi connectivity index (χ4n) is 2.07. The first kappa shape index (κ1) is 19.1. The summed E-state index contributed by atoms with van der Waals surface area (Å²) in [5.74, 6) is 0.206. The number of hydrogen-bond donors (Lipinski definition) is 1. The van der Waals surface area contributed by atoms with Crippen molar-refractivity contribution < 1.29 is 14.5 Å². The highest BCUT2D eigenvalue weighted by Crippen LogP contribution is 2.20. The minimum Gasteiger partial charge on any atom is -0.477 e. The third-order valence-electron chi connectivity index (χ3n) is 3.43. The second-order valence-corrected chi connectivity index (χ2v) is 6.44. The third-order valence-corrected chi connectivity index (χ3v) is 4.33. The molecule has 8 heteroatoms. The lowest BCUT2D eigenvalue weighted by Gasteiger charge is -2.11. The molecule has 2 aromatic rings. The van der Waals surface area contributed by atoms with E-state index in [9.17, 15) is 14.9 Å². The van der Waals surface area contributed by atoms with Gasteiger partial charge in [0.1, 0.15) is 0 Å². The van der Waals surface area contributed by atoms with Crippen molar-refractivity contribution in [3.05, 3.63) is 61.3 Å². The molecule has 25 heavy (non-hydrogen) atoms. The van der Waals surface area contributed by atoms with E-state index in [1.165, 1.54) is 18.2 Å². The molecule has 1 heterocycles. The maximum atomic E-state index is 12.3. The molecule has 0 unspecified atom stereocenters. The first-order chi connectivity index (χ1) is 12.0. The van der Waals surface area contributed by atoms with Crippen LogP contribution in [-0.4, -0.2) is 22.4 Å². The van der Waals surface area contributed by atoms with Crippen molar-refractivity contribution in [2.45, 2.75) is 26.3 Å². The highest BCUT2D eigenvalue weighted by molar-refractivity contribution is 14.1. The molecule has 132 valence electrons. The van der Waals surface area contributed by atoms with E-state index in [1.54, 1.807) is 12.3 Å². The molecule has 1 N–H and O–H groups in total. The molecule has 0 radical (unpaired) electrons. The van der Waals surface area contributed by atoms with Gasteiger partial charge in [-0.25, -0.2) is 4.98 Å². The van der Waals surface area contributed by atoms with Crippen LogP contribution in [0.5, 0.6) is 5.88 Å². The van der Waals surface area contributed by atoms with E-state index in [0.717, 1.165) is 18.4 Å². The van der Waals surface area contributed by atoms with Gasteiger partial charge in [0.05, 0.1) is 17.1 Å². The Hall–Kier alpha value is -2.23. The van der Waals surface area contributed by atoms with E-state index in [-0.39, 0.29) is 18.1 Å². The van der Waals surface area contributed by atoms with Crippen molar-refractivity contribution in [3.8, 4) is 5.88 Å². The van der Waals surface area contributed by atoms with Crippen LogP contribution in [0.1, 0.15) is 35.7 Å². The number of amides is 1. The number of nitrogens with one attached hydrogen (secondary N) is 1. The van der Waals surface area contributed by atoms with Crippen molar-refractivity contribution in [2.24, 2.45) is 0 Å². The van der Waals surface area contributed by atoms with Crippen LogP contribution in [0.2, 0.25) is 0 Å². The Morgan fingerprint density at radius 2 is 2.20 bits per heavy atom. The Labute approximate surface area is 159 Å². The van der Waals surface area contributed by atoms with E-state index in [4.69, 9.17) is 4.74 Å². The molecule has 0 aliphatic carbocycles. The van der Waals surface area contributed by atoms with Crippen molar-refractivity contribution in [2.75, 3.05) is 6.61 Å². The first-order valence-corrected chi connectivity index (χ1v) is 8.89. The van der Waals surface area contributed by atoms with Crippen LogP contribution in [0.3, 0.4) is 0 Å². The molecule has 0 fully saturated rings. The topological polar surface area (TPSA) is 94.4 Å². The van der Waals surface area contributed by atoms with E-state index in [0.29, 0.717) is 21.6 Å². The molecule has 2 rings (SSSR count). The molecule has 1 aromatic heterocycles. The Bertz CT molecular complexity index is 767. The number of carbonyl (C=O) groups excluding carboxylic acids is 1. The summed E-state index contributed by atoms with van der Waals surface area (Å²) in [6.45, 7) is 2.92. The van der Waals surface area contributed by atoms with Gasteiger partial charge < -0.3 is 10.1 Å². The molecule has 1 amide bonds. The van der Waals surface area contributed by atoms with Gasteiger partial charge in [0.15, 0.2) is 0 Å². The lowest BCUT2D eigenvalue weighted by molar-refractivity contribution is -0.384. The Morgan fingerprint density at radius 3 is 2.88 bits per heavy atom. The van der Waals surface area contributed by atoms with Gasteiger partial charge in [-0.05, 0) is 41.1 Å². The number of nitro benzene ring substituents is 1. The summed E-state index contributed by atoms with van der Waals surface area (Å²) in [5, 5.41) is 13.6. The standard InChI is InChI=1S/C17H18IN3O4/c1-2-3-9-25-17-12(5-4-8-19-17)11-20-16(22)14-7-6-13(21(23)24)10-15(14)18/h4-8,10H,2-3,9,11H2,1H3,(H,20,22). The molecule has 0 atom stereocenters. The number of halogens is 1. The number of benzene rings is 1. The molecule has 0 bridgehead atoms. The minimum atomic E-state index is -0.487. The second kappa shape index (κ2) is 9.30. The normalized spacial score (nSPS) is 10.3. The first-order valence-electron chi connectivity index (χ1n) is 7.81. The Kier molecular flexibility index (Phi) is 7.11. The average Bonchev–Trinajstić information content (AvgIpc) is 2.60. The summed E-state index contributed by atoms with van der Waals surface area (Å²) < 4.78 is 6.17. The minimum absolute atomic E-state index is 0.0418. The summed E-state index contributed by atoms with van der Waals surface area (Å²) >= 11 is 1.92. The van der Waals surface area contributed by atoms with Crippen molar-refractivity contribution in [1.82, 2.24) is 10.3 Å². The lowest BCUT2D eigenvalue weighted by Crippen LogP contribution is -2.24. The number of non-ortho nitro benzene ring substituents is 1. The largest absolute Gasteiger partial charge is 0.477 e. The maximum Gasteiger partial charge on any atom is 0.270 e. The van der Waals surface area contributed by atoms with E-state index in [2.05, 4.69) is 17.2 Å². The number of ether oxygens (including phenoxy) is 1. The Morgan fingerprint density at radius 1 is 1.40 bits per heavy atom. The van der Waals surface area contributed by atoms with Gasteiger partial charge in [-0.3, -0.25) is 14.9 Å². The predicted molar refractivity (Wildman–Crippen MR) is 102 cm³/mol. The smallest absolute Gasteiger partial charge is 0.270 e. The molecular weight excluding hydrogens is 437 g/mol. The van der Waals surface area contributed by atoms with Crippen LogP contribution < -0.4 is 10.1 Å². The second-order valence-electron chi connectivity index (χ2n) is 5.27. The van der Waals surface area contributed by atoms with Gasteiger partial charge in [0.2, 0.25) is 5.88 Å². The quantitative estimate of drug-likeness (QED) is 0.284. The fraction of sp³-hybridized carbons (Fsp3) is 0.294. The summed E-state index contributed by atoms with van der Waals surface area (Å²) in [7, 11) is 0. The highest BCUT2D eigenvalue weighted by Gasteiger charge is 2.15. The predicted octanol–water partition coefficient (Wildman–Crippen LogP) is 3.70. The van der Waals surface area contributed by atoms with Gasteiger partial charge in [0.25, 0.3) is 11.6 Å². The molecule has 1 aromatic carbocycles. The van der Waals surface area contributed by atoms with Crippen LogP contribution >= 0.6 is 22.6 Å². The number of hydrogen-bond acceptors (Lipinski definition) is 5. The van der Waals surface area contributed by atoms with Crippen LogP contribution in [0, 0.1) is 13.7 Å². The zero-order chi connectivity index (χ0) is 18.2. The average molecular weight is 455 g/mol. The SMILES string of the molecule is CCCCOc1ncccc1CNC(=O)c1ccc([N+](=O)[O-])cc1I. The highest BCUT2D eigenvalue weighted by atomic mass is 127. The molecular formula is C17H18IN3O4. The number of pyridine rings is 1. The van der Waals surface area contributed by atoms with Crippen LogP contribution in [0.15, 0.2) is 36.5 Å². The molecule has 0 saturated carbocycles. The Balaban J connectivity index is 2.04. The van der Waals surface area contributed by atoms with E-state index in [1.807, 2.05) is 28.7 Å². The number of nitrogens with zero attached hydrogens (tertiary/aromatic N) is 2. The van der Waals surface area contributed by atoms with Crippen molar-refractivity contribution >= 4 is 34.2 Å². The van der Waals surface area contributed by atoms with Crippen LogP contribution in [-0.2, 0) is 6.54 Å². The van der Waals surface area contributed by atoms with Crippen molar-refractivity contribution in [1.29, 1.82) is 0 Å². The van der Waals surface area contributed by atoms with Gasteiger partial charge in [-0.2, -0.15) is 0 Å². The molecule has 0 aliphatic rings. The van der Waals surface area contributed by atoms with E-state index < -0.39 is 4.92 Å². The molecule has 0 aliphatic heterocycles. The lowest BCUT2D eigenvalue weighted by atomic mass is 10.2. The summed E-state index contributed by atoms with van der Waals surface area (Å²) in [4.78, 5) is 26.8. The van der Waals surface area contributed by atoms with Gasteiger partial charge in [-0.1, -0.05) is 19.4 Å². The zero-order valence-electron chi connectivity index (χ0n) is 13.7. The van der Waals surface area contributed by atoms with E-state index >= 15 is 0 Å². The zero-order valence-corrected chi connectivity index (χ0v) is 15.9. The maximum absolute atomic E-state index is 12.3. The number of unbranched alkanes of at least 4 members (excludes halogenated alkanes) is 1. The van der Waals surface area contributed by atoms with Gasteiger partial charge in [0, 0.05) is 34.0 Å². The fourth-order valence-corrected chi connectivity index (χ4v) is 2.82. The van der Waals surface area contributed by atoms with Gasteiger partial charge in [-0.15, -0.1) is 0 Å². The monoisotopic (exact) mass is 455 g/mol. The van der Waals surface area contributed by atoms with Gasteiger partial charge >= 0.3 is 0 Å². The number of aromatic nitrogens is 1. The number of carbonyl (C=O) groups is 1. The molecule has 0 spiro atoms. The summed E-state index contributed by atoms with van der Waals surface area (Å²) in [6.07, 6.45) is 3.60. The van der Waals surface area contributed by atoms with Crippen LogP contribution in [0.4, 0.5) is 5.69 Å². The third kappa shape index (κ3) is 5.38. The number of rotatable bonds is 8.